The maximum Gasteiger partial charge on any atom is 0.416 e. The highest BCUT2D eigenvalue weighted by Crippen LogP contribution is 2.37. The van der Waals surface area contributed by atoms with Crippen molar-refractivity contribution in [3.63, 3.8) is 0 Å². The minimum atomic E-state index is -4.37. The molecule has 0 unspecified atom stereocenters. The Morgan fingerprint density at radius 1 is 1.35 bits per heavy atom. The summed E-state index contributed by atoms with van der Waals surface area (Å²) < 4.78 is 42.8. The summed E-state index contributed by atoms with van der Waals surface area (Å²) in [6, 6.07) is 3.19. The summed E-state index contributed by atoms with van der Waals surface area (Å²) in [6.45, 7) is 1.91. The number of nitrogen functional groups attached to an aromatic ring is 1. The number of ether oxygens (including phenoxy) is 1. The summed E-state index contributed by atoms with van der Waals surface area (Å²) in [5, 5.41) is 0. The number of nitrogens with two attached hydrogens (primary N) is 1. The second-order valence-electron chi connectivity index (χ2n) is 4.41. The first-order chi connectivity index (χ1) is 7.88. The van der Waals surface area contributed by atoms with Gasteiger partial charge in [0.1, 0.15) is 5.75 Å². The monoisotopic (exact) mass is 245 g/mol. The van der Waals surface area contributed by atoms with Crippen LogP contribution in [0, 0.1) is 5.92 Å². The number of rotatable bonds is 3. The van der Waals surface area contributed by atoms with Gasteiger partial charge < -0.3 is 10.5 Å². The van der Waals surface area contributed by atoms with E-state index in [1.165, 1.54) is 6.07 Å². The van der Waals surface area contributed by atoms with Gasteiger partial charge in [-0.15, -0.1) is 0 Å². The molecule has 0 heterocycles. The van der Waals surface area contributed by atoms with Gasteiger partial charge in [0, 0.05) is 0 Å². The van der Waals surface area contributed by atoms with Crippen LogP contribution in [0.4, 0.5) is 18.9 Å². The molecule has 2 rings (SSSR count). The van der Waals surface area contributed by atoms with Crippen molar-refractivity contribution < 1.29 is 17.9 Å². The summed E-state index contributed by atoms with van der Waals surface area (Å²) >= 11 is 0. The fourth-order valence-corrected chi connectivity index (χ4v) is 1.69. The molecule has 1 atom stereocenters. The minimum absolute atomic E-state index is 0.00837. The van der Waals surface area contributed by atoms with Gasteiger partial charge in [-0.1, -0.05) is 0 Å². The van der Waals surface area contributed by atoms with Crippen molar-refractivity contribution in [2.45, 2.75) is 32.0 Å². The predicted molar refractivity (Wildman–Crippen MR) is 58.7 cm³/mol. The Labute approximate surface area is 97.6 Å². The number of hydrogen-bond acceptors (Lipinski definition) is 2. The van der Waals surface area contributed by atoms with Crippen molar-refractivity contribution in [2.75, 3.05) is 5.73 Å². The first-order valence-corrected chi connectivity index (χ1v) is 5.51. The van der Waals surface area contributed by atoms with Gasteiger partial charge in [-0.05, 0) is 43.9 Å². The van der Waals surface area contributed by atoms with Crippen molar-refractivity contribution in [1.82, 2.24) is 0 Å². The van der Waals surface area contributed by atoms with Crippen LogP contribution in [0.5, 0.6) is 5.75 Å². The predicted octanol–water partition coefficient (Wildman–Crippen LogP) is 3.46. The summed E-state index contributed by atoms with van der Waals surface area (Å²) in [4.78, 5) is 0. The molecule has 0 amide bonds. The van der Waals surface area contributed by atoms with E-state index in [-0.39, 0.29) is 11.8 Å². The molecule has 1 aliphatic rings. The first kappa shape index (κ1) is 12.1. The van der Waals surface area contributed by atoms with E-state index in [1.54, 1.807) is 0 Å². The average molecular weight is 245 g/mol. The van der Waals surface area contributed by atoms with Crippen LogP contribution in [0.3, 0.4) is 0 Å². The zero-order chi connectivity index (χ0) is 12.6. The molecule has 0 spiro atoms. The lowest BCUT2D eigenvalue weighted by Gasteiger charge is -2.16. The molecule has 94 valence electrons. The van der Waals surface area contributed by atoms with Gasteiger partial charge in [-0.3, -0.25) is 0 Å². The van der Waals surface area contributed by atoms with E-state index in [0.29, 0.717) is 11.7 Å². The zero-order valence-electron chi connectivity index (χ0n) is 9.42. The Morgan fingerprint density at radius 3 is 2.47 bits per heavy atom. The molecule has 0 bridgehead atoms. The summed E-state index contributed by atoms with van der Waals surface area (Å²) in [7, 11) is 0. The zero-order valence-corrected chi connectivity index (χ0v) is 9.42. The Bertz CT molecular complexity index is 413. The third-order valence-electron chi connectivity index (χ3n) is 2.94. The number of alkyl halides is 3. The molecule has 1 aromatic rings. The highest BCUT2D eigenvalue weighted by atomic mass is 19.4. The molecule has 1 aliphatic carbocycles. The lowest BCUT2D eigenvalue weighted by Crippen LogP contribution is -2.15. The number of benzene rings is 1. The number of anilines is 1. The normalized spacial score (nSPS) is 17.9. The lowest BCUT2D eigenvalue weighted by atomic mass is 10.2. The highest BCUT2D eigenvalue weighted by Gasteiger charge is 2.32. The average Bonchev–Trinajstić information content (AvgIpc) is 3.02. The second kappa shape index (κ2) is 4.13. The molecule has 2 N–H and O–H groups in total. The fraction of sp³-hybridized carbons (Fsp3) is 0.500. The van der Waals surface area contributed by atoms with Crippen LogP contribution < -0.4 is 10.5 Å². The van der Waals surface area contributed by atoms with Crippen molar-refractivity contribution in [3.05, 3.63) is 23.8 Å². The van der Waals surface area contributed by atoms with Crippen LogP contribution in [0.25, 0.3) is 0 Å². The first-order valence-electron chi connectivity index (χ1n) is 5.51. The maximum atomic E-state index is 12.4. The van der Waals surface area contributed by atoms with E-state index in [4.69, 9.17) is 10.5 Å². The summed E-state index contributed by atoms with van der Waals surface area (Å²) in [6.07, 6.45) is -2.13. The van der Waals surface area contributed by atoms with E-state index in [0.717, 1.165) is 25.0 Å². The smallest absolute Gasteiger partial charge is 0.416 e. The van der Waals surface area contributed by atoms with Crippen LogP contribution in [-0.2, 0) is 6.18 Å². The van der Waals surface area contributed by atoms with Crippen LogP contribution in [0.2, 0.25) is 0 Å². The molecule has 17 heavy (non-hydrogen) atoms. The number of hydrogen-bond donors (Lipinski definition) is 1. The van der Waals surface area contributed by atoms with Gasteiger partial charge in [0.25, 0.3) is 0 Å². The largest absolute Gasteiger partial charge is 0.488 e. The summed E-state index contributed by atoms with van der Waals surface area (Å²) in [5.41, 5.74) is 4.85. The molecular formula is C12H14F3NO. The molecule has 1 saturated carbocycles. The van der Waals surface area contributed by atoms with Crippen molar-refractivity contribution in [3.8, 4) is 5.75 Å². The fourth-order valence-electron chi connectivity index (χ4n) is 1.69. The molecule has 1 aromatic carbocycles. The van der Waals surface area contributed by atoms with Crippen molar-refractivity contribution >= 4 is 5.69 Å². The van der Waals surface area contributed by atoms with Gasteiger partial charge in [0.2, 0.25) is 0 Å². The quantitative estimate of drug-likeness (QED) is 0.827. The minimum Gasteiger partial charge on any atom is -0.488 e. The molecule has 5 heteroatoms. The van der Waals surface area contributed by atoms with E-state index >= 15 is 0 Å². The molecule has 0 radical (unpaired) electrons. The van der Waals surface area contributed by atoms with Crippen molar-refractivity contribution in [2.24, 2.45) is 5.92 Å². The van der Waals surface area contributed by atoms with E-state index in [1.807, 2.05) is 6.92 Å². The third kappa shape index (κ3) is 2.84. The van der Waals surface area contributed by atoms with E-state index in [2.05, 4.69) is 0 Å². The van der Waals surface area contributed by atoms with Gasteiger partial charge >= 0.3 is 6.18 Å². The molecular weight excluding hydrogens is 231 g/mol. The van der Waals surface area contributed by atoms with Gasteiger partial charge in [-0.2, -0.15) is 13.2 Å². The van der Waals surface area contributed by atoms with E-state index < -0.39 is 11.7 Å². The van der Waals surface area contributed by atoms with Gasteiger partial charge in [0.05, 0.1) is 17.4 Å². The number of halogens is 3. The van der Waals surface area contributed by atoms with Crippen LogP contribution in [-0.4, -0.2) is 6.10 Å². The summed E-state index contributed by atoms with van der Waals surface area (Å²) in [5.74, 6) is 0.842. The topological polar surface area (TPSA) is 35.2 Å². The highest BCUT2D eigenvalue weighted by molar-refractivity contribution is 5.54. The Kier molecular flexibility index (Phi) is 2.93. The van der Waals surface area contributed by atoms with Gasteiger partial charge in [-0.25, -0.2) is 0 Å². The van der Waals surface area contributed by atoms with Crippen LogP contribution in [0.1, 0.15) is 25.3 Å². The molecule has 2 nitrogen and oxygen atoms in total. The van der Waals surface area contributed by atoms with E-state index in [9.17, 15) is 13.2 Å². The molecule has 0 aliphatic heterocycles. The second-order valence-corrected chi connectivity index (χ2v) is 4.41. The van der Waals surface area contributed by atoms with Crippen LogP contribution >= 0.6 is 0 Å². The van der Waals surface area contributed by atoms with Crippen molar-refractivity contribution in [1.29, 1.82) is 0 Å². The third-order valence-corrected chi connectivity index (χ3v) is 2.94. The van der Waals surface area contributed by atoms with Gasteiger partial charge in [0.15, 0.2) is 0 Å². The Hall–Kier alpha value is -1.39. The lowest BCUT2D eigenvalue weighted by molar-refractivity contribution is -0.137. The molecule has 0 saturated heterocycles. The van der Waals surface area contributed by atoms with Crippen LogP contribution in [0.15, 0.2) is 18.2 Å². The standard InChI is InChI=1S/C12H14F3NO/c1-7(8-2-3-8)17-11-5-4-9(6-10(11)16)12(13,14)15/h4-8H,2-3,16H2,1H3/t7-/m0/s1. The maximum absolute atomic E-state index is 12.4. The molecule has 0 aromatic heterocycles. The SMILES string of the molecule is C[C@H](Oc1ccc(C(F)(F)F)cc1N)C1CC1. The molecule has 1 fully saturated rings. The Morgan fingerprint density at radius 2 is 2.00 bits per heavy atom. The Balaban J connectivity index is 2.13.